The lowest BCUT2D eigenvalue weighted by Gasteiger charge is -2.42. The van der Waals surface area contributed by atoms with E-state index in [-0.39, 0.29) is 29.7 Å². The SMILES string of the molecule is CCOC(=O)N1CCC(c2cc(C[C@H]3O[C@H](CO)[C@H](O)[C@H](n4cc(-c5cc(F)c(F)c(F)c5)nn4)[C@H]3O)no2)CC1. The van der Waals surface area contributed by atoms with Gasteiger partial charge in [0.05, 0.1) is 31.2 Å². The first-order valence-electron chi connectivity index (χ1n) is 13.3. The van der Waals surface area contributed by atoms with Crippen LogP contribution in [0.2, 0.25) is 0 Å². The number of carbonyl (C=O) groups excluding carboxylic acids is 1. The number of aliphatic hydroxyl groups is 3. The first-order valence-corrected chi connectivity index (χ1v) is 13.3. The first kappa shape index (κ1) is 29.0. The molecule has 3 N–H and O–H groups in total. The quantitative estimate of drug-likeness (QED) is 0.353. The fourth-order valence-electron chi connectivity index (χ4n) is 5.30. The molecule has 0 bridgehead atoms. The van der Waals surface area contributed by atoms with Crippen molar-refractivity contribution in [3.8, 4) is 11.3 Å². The standard InChI is InChI=1S/C26H30F3N5O7/c1-2-39-26(38)33-5-3-13(4-6-33)19-9-15(31-41-19)10-20-24(36)23(25(37)21(12-35)40-20)34-11-18(30-32-34)14-7-16(27)22(29)17(28)8-14/h7-9,11,13,20-21,23-25,35-37H,2-6,10,12H2,1H3/t20-,21-,23-,24+,25+/m1/s1. The van der Waals surface area contributed by atoms with Gasteiger partial charge in [-0.05, 0) is 31.9 Å². The second-order valence-corrected chi connectivity index (χ2v) is 10.1. The van der Waals surface area contributed by atoms with Crippen LogP contribution in [-0.2, 0) is 15.9 Å². The molecule has 2 aliphatic rings. The molecule has 12 nitrogen and oxygen atoms in total. The average molecular weight is 582 g/mol. The number of aromatic nitrogens is 4. The van der Waals surface area contributed by atoms with E-state index in [1.165, 1.54) is 6.20 Å². The predicted octanol–water partition coefficient (Wildman–Crippen LogP) is 1.95. The molecule has 2 fully saturated rings. The molecule has 0 unspecified atom stereocenters. The minimum atomic E-state index is -1.62. The Labute approximate surface area is 232 Å². The first-order chi connectivity index (χ1) is 19.7. The van der Waals surface area contributed by atoms with E-state index in [0.29, 0.717) is 44.0 Å². The van der Waals surface area contributed by atoms with Gasteiger partial charge in [-0.15, -0.1) is 5.10 Å². The number of rotatable bonds is 7. The van der Waals surface area contributed by atoms with E-state index in [0.717, 1.165) is 16.8 Å². The molecule has 2 aromatic heterocycles. The number of halogens is 3. The van der Waals surface area contributed by atoms with Crippen LogP contribution in [0, 0.1) is 17.5 Å². The fraction of sp³-hybridized carbons (Fsp3) is 0.538. The van der Waals surface area contributed by atoms with E-state index in [4.69, 9.17) is 14.0 Å². The van der Waals surface area contributed by atoms with Gasteiger partial charge in [-0.1, -0.05) is 10.4 Å². The van der Waals surface area contributed by atoms with Crippen molar-refractivity contribution >= 4 is 6.09 Å². The maximum Gasteiger partial charge on any atom is 0.409 e. The lowest BCUT2D eigenvalue weighted by atomic mass is 9.90. The Morgan fingerprint density at radius 3 is 2.44 bits per heavy atom. The smallest absolute Gasteiger partial charge is 0.409 e. The van der Waals surface area contributed by atoms with Gasteiger partial charge in [-0.2, -0.15) is 0 Å². The molecule has 0 saturated carbocycles. The van der Waals surface area contributed by atoms with Crippen LogP contribution in [0.4, 0.5) is 18.0 Å². The molecule has 1 amide bonds. The normalized spacial score (nSPS) is 25.4. The number of hydrogen-bond acceptors (Lipinski definition) is 10. The molecule has 222 valence electrons. The monoisotopic (exact) mass is 581 g/mol. The molecule has 5 atom stereocenters. The summed E-state index contributed by atoms with van der Waals surface area (Å²) in [5.41, 5.74) is 0.350. The van der Waals surface area contributed by atoms with Gasteiger partial charge in [0, 0.05) is 37.1 Å². The molecular formula is C26H30F3N5O7. The zero-order chi connectivity index (χ0) is 29.3. The van der Waals surface area contributed by atoms with Gasteiger partial charge >= 0.3 is 6.09 Å². The summed E-state index contributed by atoms with van der Waals surface area (Å²) in [5, 5.41) is 43.7. The van der Waals surface area contributed by atoms with E-state index in [1.54, 1.807) is 17.9 Å². The number of aliphatic hydroxyl groups excluding tert-OH is 3. The molecule has 5 rings (SSSR count). The summed E-state index contributed by atoms with van der Waals surface area (Å²) < 4.78 is 58.4. The van der Waals surface area contributed by atoms with Crippen molar-refractivity contribution in [3.05, 3.63) is 53.3 Å². The highest BCUT2D eigenvalue weighted by molar-refractivity contribution is 5.67. The number of benzene rings is 1. The lowest BCUT2D eigenvalue weighted by molar-refractivity contribution is -0.205. The lowest BCUT2D eigenvalue weighted by Crippen LogP contribution is -2.56. The number of hydrogen-bond donors (Lipinski definition) is 3. The number of ether oxygens (including phenoxy) is 2. The van der Waals surface area contributed by atoms with Crippen molar-refractivity contribution < 1.29 is 47.3 Å². The molecule has 2 aliphatic heterocycles. The van der Waals surface area contributed by atoms with E-state index < -0.39 is 54.5 Å². The highest BCUT2D eigenvalue weighted by Gasteiger charge is 2.46. The summed E-state index contributed by atoms with van der Waals surface area (Å²) in [6, 6.07) is 2.11. The predicted molar refractivity (Wildman–Crippen MR) is 133 cm³/mol. The topological polar surface area (TPSA) is 156 Å². The van der Waals surface area contributed by atoms with Crippen molar-refractivity contribution in [1.29, 1.82) is 0 Å². The molecule has 3 aromatic rings. The second kappa shape index (κ2) is 12.1. The maximum atomic E-state index is 13.7. The molecule has 15 heteroatoms. The van der Waals surface area contributed by atoms with Crippen LogP contribution in [-0.4, -0.2) is 97.2 Å². The van der Waals surface area contributed by atoms with E-state index >= 15 is 0 Å². The van der Waals surface area contributed by atoms with Crippen LogP contribution in [0.1, 0.15) is 43.2 Å². The minimum absolute atomic E-state index is 0.0269. The number of nitrogens with zero attached hydrogens (tertiary/aromatic N) is 5. The number of carbonyl (C=O) groups is 1. The molecular weight excluding hydrogens is 551 g/mol. The van der Waals surface area contributed by atoms with E-state index in [2.05, 4.69) is 15.5 Å². The Morgan fingerprint density at radius 1 is 1.10 bits per heavy atom. The van der Waals surface area contributed by atoms with Gasteiger partial charge in [0.1, 0.15) is 35.8 Å². The van der Waals surface area contributed by atoms with Gasteiger partial charge in [0.25, 0.3) is 0 Å². The zero-order valence-electron chi connectivity index (χ0n) is 22.1. The summed E-state index contributed by atoms with van der Waals surface area (Å²) in [5.74, 6) is -3.77. The van der Waals surface area contributed by atoms with Crippen LogP contribution in [0.15, 0.2) is 28.9 Å². The fourth-order valence-corrected chi connectivity index (χ4v) is 5.30. The number of amides is 1. The van der Waals surface area contributed by atoms with Crippen LogP contribution >= 0.6 is 0 Å². The van der Waals surface area contributed by atoms with Gasteiger partial charge in [-0.3, -0.25) is 0 Å². The van der Waals surface area contributed by atoms with Gasteiger partial charge in [0.15, 0.2) is 17.5 Å². The van der Waals surface area contributed by atoms with Gasteiger partial charge < -0.3 is 34.2 Å². The number of likely N-dealkylation sites (tertiary alicyclic amines) is 1. The minimum Gasteiger partial charge on any atom is -0.450 e. The van der Waals surface area contributed by atoms with Crippen molar-refractivity contribution in [1.82, 2.24) is 25.1 Å². The largest absolute Gasteiger partial charge is 0.450 e. The number of piperidine rings is 1. The molecule has 0 radical (unpaired) electrons. The molecule has 0 aliphatic carbocycles. The van der Waals surface area contributed by atoms with Crippen LogP contribution in [0.3, 0.4) is 0 Å². The van der Waals surface area contributed by atoms with Gasteiger partial charge in [0.2, 0.25) is 0 Å². The molecule has 4 heterocycles. The second-order valence-electron chi connectivity index (χ2n) is 10.1. The van der Waals surface area contributed by atoms with Crippen molar-refractivity contribution in [2.75, 3.05) is 26.3 Å². The average Bonchev–Trinajstić information content (AvgIpc) is 3.64. The molecule has 1 aromatic carbocycles. The third-order valence-corrected chi connectivity index (χ3v) is 7.50. The maximum absolute atomic E-state index is 13.7. The Balaban J connectivity index is 1.29. The third kappa shape index (κ3) is 5.93. The van der Waals surface area contributed by atoms with Crippen LogP contribution < -0.4 is 0 Å². The third-order valence-electron chi connectivity index (χ3n) is 7.50. The van der Waals surface area contributed by atoms with E-state index in [9.17, 15) is 33.3 Å². The van der Waals surface area contributed by atoms with Crippen molar-refractivity contribution in [3.63, 3.8) is 0 Å². The Hall–Kier alpha value is -3.53. The Morgan fingerprint density at radius 2 is 1.78 bits per heavy atom. The zero-order valence-corrected chi connectivity index (χ0v) is 22.1. The molecule has 2 saturated heterocycles. The molecule has 41 heavy (non-hydrogen) atoms. The van der Waals surface area contributed by atoms with Crippen LogP contribution in [0.5, 0.6) is 0 Å². The summed E-state index contributed by atoms with van der Waals surface area (Å²) in [6.45, 7) is 2.51. The highest BCUT2D eigenvalue weighted by atomic mass is 19.2. The summed E-state index contributed by atoms with van der Waals surface area (Å²) in [4.78, 5) is 13.6. The molecule has 0 spiro atoms. The van der Waals surface area contributed by atoms with Crippen molar-refractivity contribution in [2.45, 2.75) is 62.6 Å². The van der Waals surface area contributed by atoms with Crippen LogP contribution in [0.25, 0.3) is 11.3 Å². The summed E-state index contributed by atoms with van der Waals surface area (Å²) in [7, 11) is 0. The highest BCUT2D eigenvalue weighted by Crippen LogP contribution is 2.34. The van der Waals surface area contributed by atoms with E-state index in [1.807, 2.05) is 0 Å². The summed E-state index contributed by atoms with van der Waals surface area (Å²) >= 11 is 0. The summed E-state index contributed by atoms with van der Waals surface area (Å²) in [6.07, 6.45) is -2.53. The van der Waals surface area contributed by atoms with Gasteiger partial charge in [-0.25, -0.2) is 22.6 Å². The Kier molecular flexibility index (Phi) is 8.58. The Bertz CT molecular complexity index is 1340. The van der Waals surface area contributed by atoms with Crippen molar-refractivity contribution in [2.24, 2.45) is 0 Å².